The van der Waals surface area contributed by atoms with Crippen LogP contribution in [0.5, 0.6) is 0 Å². The number of nitrogens with one attached hydrogen (secondary N) is 1. The molecule has 1 aliphatic carbocycles. The maximum absolute atomic E-state index is 13.4. The van der Waals surface area contributed by atoms with Gasteiger partial charge in [-0.2, -0.15) is 13.2 Å². The summed E-state index contributed by atoms with van der Waals surface area (Å²) in [6, 6.07) is 6.03. The highest BCUT2D eigenvalue weighted by atomic mass is 19.4. The van der Waals surface area contributed by atoms with Crippen molar-refractivity contribution in [3.63, 3.8) is 0 Å². The average molecular weight is 419 g/mol. The normalized spacial score (nSPS) is 15.7. The largest absolute Gasteiger partial charge is 0.433 e. The molecule has 2 heterocycles. The minimum absolute atomic E-state index is 0.154. The van der Waals surface area contributed by atoms with Gasteiger partial charge in [0.05, 0.1) is 11.7 Å². The Balaban J connectivity index is 1.61. The van der Waals surface area contributed by atoms with Crippen LogP contribution in [0.3, 0.4) is 0 Å². The third-order valence-corrected chi connectivity index (χ3v) is 4.88. The van der Waals surface area contributed by atoms with E-state index in [-0.39, 0.29) is 11.1 Å². The molecule has 1 N–H and O–H groups in total. The SMILES string of the molecule is O=C(N[C@@H]1CCc2cnc(-c3ccnc(C(F)(F)F)c3)cc21)c1cc(F)cc(F)c1. The van der Waals surface area contributed by atoms with Gasteiger partial charge in [0, 0.05) is 29.6 Å². The van der Waals surface area contributed by atoms with Crippen molar-refractivity contribution < 1.29 is 26.7 Å². The van der Waals surface area contributed by atoms with Crippen LogP contribution in [0.25, 0.3) is 11.3 Å². The fourth-order valence-electron chi connectivity index (χ4n) is 3.47. The van der Waals surface area contributed by atoms with Gasteiger partial charge in [0.1, 0.15) is 17.3 Å². The van der Waals surface area contributed by atoms with Crippen molar-refractivity contribution in [2.75, 3.05) is 0 Å². The summed E-state index contributed by atoms with van der Waals surface area (Å²) in [5.74, 6) is -2.37. The highest BCUT2D eigenvalue weighted by molar-refractivity contribution is 5.94. The molecule has 3 aromatic rings. The molecule has 0 fully saturated rings. The van der Waals surface area contributed by atoms with Crippen molar-refractivity contribution in [1.29, 1.82) is 0 Å². The third-order valence-electron chi connectivity index (χ3n) is 4.88. The van der Waals surface area contributed by atoms with E-state index in [1.807, 2.05) is 0 Å². The molecule has 1 amide bonds. The number of carbonyl (C=O) groups is 1. The molecule has 0 aliphatic heterocycles. The third kappa shape index (κ3) is 4.00. The Morgan fingerprint density at radius 2 is 1.77 bits per heavy atom. The maximum atomic E-state index is 13.4. The quantitative estimate of drug-likeness (QED) is 0.617. The molecular formula is C21H14F5N3O. The summed E-state index contributed by atoms with van der Waals surface area (Å²) in [5, 5.41) is 2.73. The fraction of sp³-hybridized carbons (Fsp3) is 0.190. The Hall–Kier alpha value is -3.36. The number of fused-ring (bicyclic) bond motifs is 1. The van der Waals surface area contributed by atoms with Crippen LogP contribution in [0, 0.1) is 11.6 Å². The van der Waals surface area contributed by atoms with Gasteiger partial charge in [0.15, 0.2) is 0 Å². The molecule has 0 saturated heterocycles. The van der Waals surface area contributed by atoms with E-state index in [0.29, 0.717) is 30.2 Å². The Labute approximate surface area is 167 Å². The van der Waals surface area contributed by atoms with Gasteiger partial charge in [-0.1, -0.05) is 0 Å². The minimum Gasteiger partial charge on any atom is -0.345 e. The lowest BCUT2D eigenvalue weighted by Gasteiger charge is -2.15. The van der Waals surface area contributed by atoms with Gasteiger partial charge < -0.3 is 5.32 Å². The first-order chi connectivity index (χ1) is 14.2. The van der Waals surface area contributed by atoms with Crippen molar-refractivity contribution in [3.05, 3.63) is 82.8 Å². The summed E-state index contributed by atoms with van der Waals surface area (Å²) in [7, 11) is 0. The van der Waals surface area contributed by atoms with E-state index in [4.69, 9.17) is 0 Å². The molecule has 1 aromatic carbocycles. The lowest BCUT2D eigenvalue weighted by atomic mass is 10.0. The molecule has 30 heavy (non-hydrogen) atoms. The van der Waals surface area contributed by atoms with Crippen LogP contribution in [0.4, 0.5) is 22.0 Å². The molecule has 1 aliphatic rings. The fourth-order valence-corrected chi connectivity index (χ4v) is 3.47. The molecule has 0 saturated carbocycles. The minimum atomic E-state index is -4.58. The number of amides is 1. The Morgan fingerprint density at radius 1 is 1.03 bits per heavy atom. The number of alkyl halides is 3. The van der Waals surface area contributed by atoms with Gasteiger partial charge in [-0.3, -0.25) is 14.8 Å². The standard InChI is InChI=1S/C21H14F5N3O/c22-14-5-13(6-15(23)8-14)20(30)29-17-2-1-12-10-28-18(9-16(12)17)11-3-4-27-19(7-11)21(24,25)26/h3-10,17H,1-2H2,(H,29,30)/t17-/m1/s1. The smallest absolute Gasteiger partial charge is 0.345 e. The first-order valence-electron chi connectivity index (χ1n) is 9.00. The number of benzene rings is 1. The number of aryl methyl sites for hydroxylation is 1. The summed E-state index contributed by atoms with van der Waals surface area (Å²) >= 11 is 0. The van der Waals surface area contributed by atoms with E-state index in [2.05, 4.69) is 15.3 Å². The lowest BCUT2D eigenvalue weighted by Crippen LogP contribution is -2.27. The van der Waals surface area contributed by atoms with Crippen LogP contribution < -0.4 is 5.32 Å². The van der Waals surface area contributed by atoms with Crippen LogP contribution in [-0.4, -0.2) is 15.9 Å². The van der Waals surface area contributed by atoms with Crippen LogP contribution in [0.15, 0.2) is 48.8 Å². The monoisotopic (exact) mass is 419 g/mol. The Morgan fingerprint density at radius 3 is 2.47 bits per heavy atom. The van der Waals surface area contributed by atoms with E-state index >= 15 is 0 Å². The highest BCUT2D eigenvalue weighted by Crippen LogP contribution is 2.35. The lowest BCUT2D eigenvalue weighted by molar-refractivity contribution is -0.141. The van der Waals surface area contributed by atoms with Crippen molar-refractivity contribution >= 4 is 5.91 Å². The summed E-state index contributed by atoms with van der Waals surface area (Å²) < 4.78 is 65.6. The number of rotatable bonds is 3. The number of aromatic nitrogens is 2. The zero-order valence-electron chi connectivity index (χ0n) is 15.3. The van der Waals surface area contributed by atoms with Crippen molar-refractivity contribution in [1.82, 2.24) is 15.3 Å². The number of hydrogen-bond acceptors (Lipinski definition) is 3. The molecule has 4 nitrogen and oxygen atoms in total. The van der Waals surface area contributed by atoms with E-state index in [9.17, 15) is 26.7 Å². The molecule has 0 bridgehead atoms. The molecule has 9 heteroatoms. The summed E-state index contributed by atoms with van der Waals surface area (Å²) in [6.45, 7) is 0. The number of carbonyl (C=O) groups excluding carboxylic acids is 1. The second-order valence-electron chi connectivity index (χ2n) is 6.92. The Bertz CT molecular complexity index is 1110. The zero-order valence-corrected chi connectivity index (χ0v) is 15.3. The predicted molar refractivity (Wildman–Crippen MR) is 97.4 cm³/mol. The molecule has 4 rings (SSSR count). The second-order valence-corrected chi connectivity index (χ2v) is 6.92. The molecule has 0 spiro atoms. The van der Waals surface area contributed by atoms with Crippen molar-refractivity contribution in [3.8, 4) is 11.3 Å². The summed E-state index contributed by atoms with van der Waals surface area (Å²) in [5.41, 5.74) is 0.915. The van der Waals surface area contributed by atoms with E-state index < -0.39 is 35.5 Å². The first-order valence-corrected chi connectivity index (χ1v) is 9.00. The van der Waals surface area contributed by atoms with Crippen LogP contribution in [0.1, 0.15) is 39.6 Å². The number of halogens is 5. The highest BCUT2D eigenvalue weighted by Gasteiger charge is 2.33. The van der Waals surface area contributed by atoms with Gasteiger partial charge in [0.2, 0.25) is 0 Å². The summed E-state index contributed by atoms with van der Waals surface area (Å²) in [4.78, 5) is 20.0. The maximum Gasteiger partial charge on any atom is 0.433 e. The number of pyridine rings is 2. The van der Waals surface area contributed by atoms with Gasteiger partial charge in [0.25, 0.3) is 5.91 Å². The first kappa shape index (κ1) is 19.9. The van der Waals surface area contributed by atoms with Gasteiger partial charge in [-0.25, -0.2) is 8.78 Å². The molecule has 2 aromatic heterocycles. The second kappa shape index (κ2) is 7.47. The number of hydrogen-bond donors (Lipinski definition) is 1. The molecule has 0 unspecified atom stereocenters. The van der Waals surface area contributed by atoms with Gasteiger partial charge in [-0.15, -0.1) is 0 Å². The van der Waals surface area contributed by atoms with Crippen LogP contribution >= 0.6 is 0 Å². The zero-order chi connectivity index (χ0) is 21.5. The average Bonchev–Trinajstić information content (AvgIpc) is 3.08. The molecule has 154 valence electrons. The summed E-state index contributed by atoms with van der Waals surface area (Å²) in [6.07, 6.45) is -0.815. The molecular weight excluding hydrogens is 405 g/mol. The Kier molecular flexibility index (Phi) is 4.97. The van der Waals surface area contributed by atoms with Gasteiger partial charge >= 0.3 is 6.18 Å². The predicted octanol–water partition coefficient (Wildman–Crippen LogP) is 4.86. The van der Waals surface area contributed by atoms with Crippen molar-refractivity contribution in [2.24, 2.45) is 0 Å². The van der Waals surface area contributed by atoms with Crippen molar-refractivity contribution in [2.45, 2.75) is 25.1 Å². The molecule has 1 atom stereocenters. The van der Waals surface area contributed by atoms with Gasteiger partial charge in [-0.05, 0) is 54.3 Å². The van der Waals surface area contributed by atoms with Crippen LogP contribution in [-0.2, 0) is 12.6 Å². The van der Waals surface area contributed by atoms with E-state index in [1.165, 1.54) is 6.07 Å². The molecule has 0 radical (unpaired) electrons. The topological polar surface area (TPSA) is 54.9 Å². The number of nitrogens with zero attached hydrogens (tertiary/aromatic N) is 2. The van der Waals surface area contributed by atoms with E-state index in [1.54, 1.807) is 12.3 Å². The van der Waals surface area contributed by atoms with E-state index in [0.717, 1.165) is 30.0 Å². The van der Waals surface area contributed by atoms with Crippen LogP contribution in [0.2, 0.25) is 0 Å².